The monoisotopic (exact) mass is 791 g/mol. The zero-order valence-corrected chi connectivity index (χ0v) is 35.0. The van der Waals surface area contributed by atoms with Gasteiger partial charge in [0.2, 0.25) is 11.8 Å². The Bertz CT molecular complexity index is 1590. The first kappa shape index (κ1) is 48.4. The number of aliphatic hydroxyl groups excluding tert-OH is 1. The molecular weight excluding hydrogens is 727 g/mol. The maximum Gasteiger partial charge on any atom is 0.325 e. The van der Waals surface area contributed by atoms with Crippen molar-refractivity contribution >= 4 is 35.8 Å². The largest absolute Gasteiger partial charge is 0.456 e. The molecule has 3 amide bonds. The summed E-state index contributed by atoms with van der Waals surface area (Å²) < 4.78 is 6.05. The molecule has 6 unspecified atom stereocenters. The number of aldehydes is 1. The molecule has 13 heteroatoms. The van der Waals surface area contributed by atoms with Crippen LogP contribution in [0.2, 0.25) is 0 Å². The minimum absolute atomic E-state index is 0.00917. The van der Waals surface area contributed by atoms with Crippen LogP contribution in [0.25, 0.3) is 0 Å². The SMILES string of the molecule is CNC(C(=O)NC(Cc1ccccc1)C(=O)N1CCCC(C(=O)O[C@@H](C/C=C/C=C/CC(C)C(O)C(C=O)CCC(C)=O)/C(C)=C/C=C/C(=O)N(C)C)N1)C(C)C. The molecule has 1 aliphatic rings. The summed E-state index contributed by atoms with van der Waals surface area (Å²) >= 11 is 0. The molecule has 1 aliphatic heterocycles. The number of nitrogens with zero attached hydrogens (tertiary/aromatic N) is 2. The van der Waals surface area contributed by atoms with Crippen molar-refractivity contribution in [2.24, 2.45) is 17.8 Å². The summed E-state index contributed by atoms with van der Waals surface area (Å²) in [4.78, 5) is 77.4. The smallest absolute Gasteiger partial charge is 0.325 e. The lowest BCUT2D eigenvalue weighted by atomic mass is 9.87. The van der Waals surface area contributed by atoms with Crippen molar-refractivity contribution in [2.75, 3.05) is 27.7 Å². The van der Waals surface area contributed by atoms with Gasteiger partial charge >= 0.3 is 5.97 Å². The highest BCUT2D eigenvalue weighted by atomic mass is 16.5. The number of ether oxygens (including phenoxy) is 1. The standard InChI is InChI=1S/C44H65N5O8/c1-30(2)40(45-6)42(54)46-37(28-34-20-13-11-14-21-34)43(55)49-27-17-22-36(47-49)44(56)57-38(31(3)19-16-24-39(52)48(7)8)23-15-10-9-12-18-32(4)41(53)35(29-50)26-25-33(5)51/h9-16,19-21,24,29-30,32,35-38,40-41,45,47,53H,17-18,22-23,25-28H2,1-8H3,(H,46,54)/b12-9+,15-10+,24-16+,31-19+/t32?,35?,36?,37?,38-,40?,41?/m0/s1. The van der Waals surface area contributed by atoms with E-state index >= 15 is 0 Å². The summed E-state index contributed by atoms with van der Waals surface area (Å²) in [7, 11) is 5.01. The lowest BCUT2D eigenvalue weighted by molar-refractivity contribution is -0.156. The third-order valence-corrected chi connectivity index (χ3v) is 9.97. The number of benzene rings is 1. The number of amides is 3. The maximum absolute atomic E-state index is 14.0. The van der Waals surface area contributed by atoms with E-state index in [1.807, 2.05) is 75.4 Å². The minimum Gasteiger partial charge on any atom is -0.456 e. The first-order valence-corrected chi connectivity index (χ1v) is 19.9. The minimum atomic E-state index is -0.881. The molecule has 0 aliphatic carbocycles. The summed E-state index contributed by atoms with van der Waals surface area (Å²) in [6.45, 7) is 9.31. The quantitative estimate of drug-likeness (QED) is 0.0549. The Hall–Kier alpha value is -4.72. The van der Waals surface area contributed by atoms with Crippen molar-refractivity contribution in [3.05, 3.63) is 84.0 Å². The zero-order valence-electron chi connectivity index (χ0n) is 35.0. The third kappa shape index (κ3) is 17.1. The number of Topliss-reactive ketones (excluding diaryl/α,β-unsaturated/α-hetero) is 1. The fourth-order valence-electron chi connectivity index (χ4n) is 6.37. The van der Waals surface area contributed by atoms with E-state index in [9.17, 15) is 33.9 Å². The van der Waals surface area contributed by atoms with Crippen molar-refractivity contribution in [2.45, 2.75) is 110 Å². The number of allylic oxidation sites excluding steroid dienone is 5. The zero-order chi connectivity index (χ0) is 42.5. The number of hydrazine groups is 1. The molecule has 2 rings (SSSR count). The van der Waals surface area contributed by atoms with Crippen LogP contribution in [0.5, 0.6) is 0 Å². The molecule has 1 heterocycles. The number of nitrogens with one attached hydrogen (secondary N) is 3. The van der Waals surface area contributed by atoms with Gasteiger partial charge in [0.05, 0.1) is 12.1 Å². The van der Waals surface area contributed by atoms with Crippen molar-refractivity contribution in [1.82, 2.24) is 26.0 Å². The number of carbonyl (C=O) groups excluding carboxylic acids is 6. The second kappa shape index (κ2) is 25.5. The van der Waals surface area contributed by atoms with Crippen molar-refractivity contribution in [3.63, 3.8) is 0 Å². The number of likely N-dealkylation sites (N-methyl/N-ethyl adjacent to an activating group) is 2. The number of hydrogen-bond donors (Lipinski definition) is 4. The van der Waals surface area contributed by atoms with Crippen LogP contribution >= 0.6 is 0 Å². The van der Waals surface area contributed by atoms with Crippen LogP contribution < -0.4 is 16.1 Å². The van der Waals surface area contributed by atoms with Crippen LogP contribution in [0.4, 0.5) is 0 Å². The Morgan fingerprint density at radius 2 is 1.68 bits per heavy atom. The van der Waals surface area contributed by atoms with Crippen LogP contribution in [0.15, 0.2) is 78.4 Å². The van der Waals surface area contributed by atoms with Gasteiger partial charge in [-0.2, -0.15) is 0 Å². The van der Waals surface area contributed by atoms with Crippen molar-refractivity contribution in [3.8, 4) is 0 Å². The highest BCUT2D eigenvalue weighted by Crippen LogP contribution is 2.21. The van der Waals surface area contributed by atoms with E-state index in [1.54, 1.807) is 40.2 Å². The van der Waals surface area contributed by atoms with Gasteiger partial charge in [-0.1, -0.05) is 87.6 Å². The second-order valence-electron chi connectivity index (χ2n) is 15.3. The molecule has 0 spiro atoms. The van der Waals surface area contributed by atoms with Gasteiger partial charge in [0.1, 0.15) is 30.3 Å². The average molecular weight is 792 g/mol. The molecule has 1 aromatic rings. The Morgan fingerprint density at radius 1 is 1.02 bits per heavy atom. The number of carbonyl (C=O) groups is 6. The molecule has 1 aromatic carbocycles. The van der Waals surface area contributed by atoms with Gasteiger partial charge in [-0.05, 0) is 69.6 Å². The van der Waals surface area contributed by atoms with E-state index in [0.717, 1.165) is 5.56 Å². The lowest BCUT2D eigenvalue weighted by Crippen LogP contribution is -2.61. The number of hydrogen-bond acceptors (Lipinski definition) is 10. The first-order valence-electron chi connectivity index (χ1n) is 19.9. The van der Waals surface area contributed by atoms with E-state index in [4.69, 9.17) is 4.74 Å². The fraction of sp³-hybridized carbons (Fsp3) is 0.545. The maximum atomic E-state index is 14.0. The molecule has 0 aromatic heterocycles. The van der Waals surface area contributed by atoms with E-state index < -0.39 is 42.2 Å². The molecule has 1 saturated heterocycles. The Morgan fingerprint density at radius 3 is 2.28 bits per heavy atom. The highest BCUT2D eigenvalue weighted by molar-refractivity contribution is 5.90. The van der Waals surface area contributed by atoms with Gasteiger partial charge in [-0.3, -0.25) is 24.2 Å². The van der Waals surface area contributed by atoms with Crippen molar-refractivity contribution in [1.29, 1.82) is 0 Å². The normalized spacial score (nSPS) is 18.2. The van der Waals surface area contributed by atoms with Crippen LogP contribution in [-0.4, -0.2) is 109 Å². The summed E-state index contributed by atoms with van der Waals surface area (Å²) in [6, 6.07) is 7.24. The van der Waals surface area contributed by atoms with E-state index in [2.05, 4.69) is 16.1 Å². The first-order chi connectivity index (χ1) is 27.1. The number of aliphatic hydroxyl groups is 1. The fourth-order valence-corrected chi connectivity index (χ4v) is 6.37. The molecule has 314 valence electrons. The Labute approximate surface area is 339 Å². The lowest BCUT2D eigenvalue weighted by Gasteiger charge is -2.36. The number of rotatable bonds is 23. The predicted molar refractivity (Wildman–Crippen MR) is 221 cm³/mol. The van der Waals surface area contributed by atoms with Crippen molar-refractivity contribution < 1.29 is 38.6 Å². The van der Waals surface area contributed by atoms with Gasteiger partial charge in [0.25, 0.3) is 5.91 Å². The van der Waals surface area contributed by atoms with Crippen LogP contribution in [0.3, 0.4) is 0 Å². The summed E-state index contributed by atoms with van der Waals surface area (Å²) in [5.74, 6) is -2.24. The average Bonchev–Trinajstić information content (AvgIpc) is 3.18. The van der Waals surface area contributed by atoms with E-state index in [0.29, 0.717) is 50.5 Å². The second-order valence-corrected chi connectivity index (χ2v) is 15.3. The third-order valence-electron chi connectivity index (χ3n) is 9.97. The summed E-state index contributed by atoms with van der Waals surface area (Å²) in [6.07, 6.45) is 13.9. The predicted octanol–water partition coefficient (Wildman–Crippen LogP) is 4.03. The molecule has 4 N–H and O–H groups in total. The van der Waals surface area contributed by atoms with E-state index in [1.165, 1.54) is 22.9 Å². The van der Waals surface area contributed by atoms with Crippen LogP contribution in [0.1, 0.15) is 78.7 Å². The summed E-state index contributed by atoms with van der Waals surface area (Å²) in [5, 5.41) is 18.0. The number of ketones is 1. The molecule has 0 radical (unpaired) electrons. The molecule has 7 atom stereocenters. The van der Waals surface area contributed by atoms with Gasteiger partial charge in [-0.25, -0.2) is 5.43 Å². The topological polar surface area (TPSA) is 174 Å². The highest BCUT2D eigenvalue weighted by Gasteiger charge is 2.35. The van der Waals surface area contributed by atoms with Gasteiger partial charge in [-0.15, -0.1) is 0 Å². The molecule has 0 saturated carbocycles. The Kier molecular flexibility index (Phi) is 21.7. The summed E-state index contributed by atoms with van der Waals surface area (Å²) in [5.41, 5.74) is 4.65. The Balaban J connectivity index is 2.20. The van der Waals surface area contributed by atoms with E-state index in [-0.39, 0.29) is 48.2 Å². The molecule has 0 bridgehead atoms. The number of esters is 1. The van der Waals surface area contributed by atoms with Gasteiger partial charge < -0.3 is 35.0 Å². The van der Waals surface area contributed by atoms with Gasteiger partial charge in [0.15, 0.2) is 0 Å². The molecule has 57 heavy (non-hydrogen) atoms. The van der Waals surface area contributed by atoms with Crippen LogP contribution in [0, 0.1) is 17.8 Å². The molecule has 1 fully saturated rings. The van der Waals surface area contributed by atoms with Crippen LogP contribution in [-0.2, 0) is 39.9 Å². The molecular formula is C44H65N5O8. The van der Waals surface area contributed by atoms with Gasteiger partial charge in [0, 0.05) is 51.9 Å². The molecule has 13 nitrogen and oxygen atoms in total.